The maximum absolute atomic E-state index is 13.6. The normalized spacial score (nSPS) is 18.1. The van der Waals surface area contributed by atoms with Crippen molar-refractivity contribution in [3.8, 4) is 0 Å². The number of benzene rings is 1. The number of aliphatic hydroxyl groups excluding tert-OH is 1. The van der Waals surface area contributed by atoms with Gasteiger partial charge < -0.3 is 31.3 Å². The number of aromatic nitrogens is 1. The minimum Gasteiger partial charge on any atom is -0.389 e. The van der Waals surface area contributed by atoms with E-state index in [-0.39, 0.29) is 29.2 Å². The number of carbonyl (C=O) groups is 2. The average Bonchev–Trinajstić information content (AvgIpc) is 2.92. The minimum absolute atomic E-state index is 0.0654. The van der Waals surface area contributed by atoms with Gasteiger partial charge in [0.15, 0.2) is 9.84 Å². The second-order valence-corrected chi connectivity index (χ2v) is 12.5. The Morgan fingerprint density at radius 1 is 1.20 bits per heavy atom. The first-order valence-corrected chi connectivity index (χ1v) is 15.8. The lowest BCUT2D eigenvalue weighted by Crippen LogP contribution is -2.64. The van der Waals surface area contributed by atoms with E-state index in [4.69, 9.17) is 0 Å². The number of aliphatic hydroxyl groups is 1. The van der Waals surface area contributed by atoms with Gasteiger partial charge in [-0.1, -0.05) is 44.2 Å². The van der Waals surface area contributed by atoms with Crippen molar-refractivity contribution in [1.82, 2.24) is 20.5 Å². The molecule has 3 rings (SSSR count). The summed E-state index contributed by atoms with van der Waals surface area (Å²) in [5.74, 6) is -0.372. The quantitative estimate of drug-likeness (QED) is 0.227. The summed E-state index contributed by atoms with van der Waals surface area (Å²) in [4.78, 5) is 32.9. The molecule has 2 heterocycles. The molecule has 1 fully saturated rings. The van der Waals surface area contributed by atoms with Crippen LogP contribution < -0.4 is 21.3 Å². The predicted octanol–water partition coefficient (Wildman–Crippen LogP) is 1.62. The number of nitrogens with one attached hydrogen (secondary N) is 4. The molecule has 12 heteroatoms. The number of carbonyl (C=O) groups excluding carboxylic acids is 2. The highest BCUT2D eigenvalue weighted by Gasteiger charge is 2.38. The first-order valence-electron chi connectivity index (χ1n) is 13.8. The second-order valence-electron chi connectivity index (χ2n) is 10.3. The number of sulfone groups is 1. The van der Waals surface area contributed by atoms with Crippen molar-refractivity contribution in [1.29, 1.82) is 0 Å². The van der Waals surface area contributed by atoms with Crippen molar-refractivity contribution in [2.24, 2.45) is 0 Å². The molecule has 4 atom stereocenters. The van der Waals surface area contributed by atoms with Crippen molar-refractivity contribution < 1.29 is 23.1 Å². The first kappa shape index (κ1) is 31.3. The van der Waals surface area contributed by atoms with Gasteiger partial charge in [-0.3, -0.25) is 9.59 Å². The van der Waals surface area contributed by atoms with Crippen LogP contribution in [0, 0.1) is 0 Å². The molecule has 1 aliphatic heterocycles. The van der Waals surface area contributed by atoms with Gasteiger partial charge in [0.2, 0.25) is 5.91 Å². The molecule has 0 saturated carbocycles. The molecular formula is C28H42N6O5S. The zero-order chi connectivity index (χ0) is 29.3. The average molecular weight is 575 g/mol. The molecule has 0 aliphatic carbocycles. The molecule has 2 unspecified atom stereocenters. The maximum atomic E-state index is 13.6. The van der Waals surface area contributed by atoms with Crippen LogP contribution in [0.15, 0.2) is 42.5 Å². The molecule has 40 heavy (non-hydrogen) atoms. The number of pyridine rings is 1. The van der Waals surface area contributed by atoms with E-state index in [9.17, 15) is 23.1 Å². The summed E-state index contributed by atoms with van der Waals surface area (Å²) in [6, 6.07) is 10.9. The van der Waals surface area contributed by atoms with E-state index in [0.29, 0.717) is 31.9 Å². The molecule has 0 radical (unpaired) electrons. The second kappa shape index (κ2) is 14.4. The van der Waals surface area contributed by atoms with Crippen LogP contribution in [0.1, 0.15) is 49.5 Å². The maximum Gasteiger partial charge on any atom is 0.251 e. The highest BCUT2D eigenvalue weighted by atomic mass is 32.2. The molecule has 0 bridgehead atoms. The van der Waals surface area contributed by atoms with Gasteiger partial charge in [0.05, 0.1) is 12.1 Å². The number of hydrogen-bond donors (Lipinski definition) is 5. The number of rotatable bonds is 14. The Hall–Kier alpha value is -3.22. The van der Waals surface area contributed by atoms with Crippen LogP contribution in [0.3, 0.4) is 0 Å². The van der Waals surface area contributed by atoms with Gasteiger partial charge in [-0.05, 0) is 43.9 Å². The summed E-state index contributed by atoms with van der Waals surface area (Å²) in [6.45, 7) is 7.69. The molecule has 0 spiro atoms. The number of hydrogen-bond acceptors (Lipinski definition) is 9. The summed E-state index contributed by atoms with van der Waals surface area (Å²) in [5.41, 5.74) is 1.13. The number of anilines is 2. The van der Waals surface area contributed by atoms with Crippen molar-refractivity contribution in [3.05, 3.63) is 53.6 Å². The van der Waals surface area contributed by atoms with E-state index in [1.165, 1.54) is 6.07 Å². The Morgan fingerprint density at radius 3 is 2.55 bits per heavy atom. The van der Waals surface area contributed by atoms with E-state index in [0.717, 1.165) is 24.7 Å². The van der Waals surface area contributed by atoms with Crippen molar-refractivity contribution in [2.45, 2.75) is 64.3 Å². The molecule has 220 valence electrons. The summed E-state index contributed by atoms with van der Waals surface area (Å²) < 4.78 is 23.4. The lowest BCUT2D eigenvalue weighted by Gasteiger charge is -2.38. The van der Waals surface area contributed by atoms with Crippen LogP contribution in [0.2, 0.25) is 0 Å². The van der Waals surface area contributed by atoms with E-state index >= 15 is 0 Å². The topological polar surface area (TPSA) is 153 Å². The van der Waals surface area contributed by atoms with Crippen LogP contribution in [-0.4, -0.2) is 91.2 Å². The van der Waals surface area contributed by atoms with Crippen molar-refractivity contribution in [2.75, 3.05) is 42.4 Å². The summed E-state index contributed by atoms with van der Waals surface area (Å²) in [7, 11) is -3.34. The zero-order valence-electron chi connectivity index (χ0n) is 23.7. The van der Waals surface area contributed by atoms with Gasteiger partial charge in [0.1, 0.15) is 23.6 Å². The molecule has 1 saturated heterocycles. The Labute approximate surface area is 237 Å². The van der Waals surface area contributed by atoms with Gasteiger partial charge in [-0.2, -0.15) is 0 Å². The Morgan fingerprint density at radius 2 is 1.90 bits per heavy atom. The molecule has 11 nitrogen and oxygen atoms in total. The van der Waals surface area contributed by atoms with Gasteiger partial charge in [0, 0.05) is 37.5 Å². The summed E-state index contributed by atoms with van der Waals surface area (Å²) >= 11 is 0. The molecule has 1 aromatic carbocycles. The number of piperazine rings is 1. The van der Waals surface area contributed by atoms with Gasteiger partial charge >= 0.3 is 0 Å². The third-order valence-corrected chi connectivity index (χ3v) is 7.46. The Kier molecular flexibility index (Phi) is 11.3. The molecule has 2 amide bonds. The molecule has 1 aromatic heterocycles. The largest absolute Gasteiger partial charge is 0.389 e. The third-order valence-electron chi connectivity index (χ3n) is 6.80. The molecule has 5 N–H and O–H groups in total. The van der Waals surface area contributed by atoms with Crippen LogP contribution in [0.5, 0.6) is 0 Å². The first-order chi connectivity index (χ1) is 19.0. The highest BCUT2D eigenvalue weighted by molar-refractivity contribution is 7.90. The summed E-state index contributed by atoms with van der Waals surface area (Å²) in [6.07, 6.45) is 1.83. The fraction of sp³-hybridized carbons (Fsp3) is 0.536. The van der Waals surface area contributed by atoms with Crippen LogP contribution in [-0.2, 0) is 21.1 Å². The lowest BCUT2D eigenvalue weighted by molar-refractivity contribution is -0.139. The SMILES string of the molecule is CCCN1CCNC([C@@H](O)[C@H](Cc2ccccc2)NC(=O)c2cc(NCS(C)(=O)=O)nc(NC(C)CC)c2)C1=O. The van der Waals surface area contributed by atoms with Gasteiger partial charge in [-0.15, -0.1) is 0 Å². The van der Waals surface area contributed by atoms with E-state index in [1.807, 2.05) is 51.1 Å². The zero-order valence-corrected chi connectivity index (χ0v) is 24.5. The molecule has 2 aromatic rings. The highest BCUT2D eigenvalue weighted by Crippen LogP contribution is 2.19. The molecular weight excluding hydrogens is 532 g/mol. The standard InChI is InChI=1S/C28H42N6O5S/c1-5-13-34-14-12-29-25(28(34)37)26(35)22(15-20-10-8-7-9-11-20)32-27(36)21-16-23(30-18-40(4,38)39)33-24(17-21)31-19(3)6-2/h7-11,16-17,19,22,25-26,29,35H,5-6,12-15,18H2,1-4H3,(H,32,36)(H2,30,31,33)/t19?,22-,25?,26-/m0/s1. The smallest absolute Gasteiger partial charge is 0.251 e. The van der Waals surface area contributed by atoms with Gasteiger partial charge in [0.25, 0.3) is 5.91 Å². The molecule has 1 aliphatic rings. The minimum atomic E-state index is -3.34. The lowest BCUT2D eigenvalue weighted by atomic mass is 9.94. The number of nitrogens with zero attached hydrogens (tertiary/aromatic N) is 2. The van der Waals surface area contributed by atoms with E-state index in [1.54, 1.807) is 11.0 Å². The van der Waals surface area contributed by atoms with E-state index < -0.39 is 33.9 Å². The third kappa shape index (κ3) is 9.17. The Bertz CT molecular complexity index is 1240. The summed E-state index contributed by atoms with van der Waals surface area (Å²) in [5, 5.41) is 23.5. The monoisotopic (exact) mass is 574 g/mol. The van der Waals surface area contributed by atoms with Crippen molar-refractivity contribution >= 4 is 33.3 Å². The Balaban J connectivity index is 1.90. The van der Waals surface area contributed by atoms with E-state index in [2.05, 4.69) is 26.3 Å². The van der Waals surface area contributed by atoms with Gasteiger partial charge in [-0.25, -0.2) is 13.4 Å². The van der Waals surface area contributed by atoms with Crippen molar-refractivity contribution in [3.63, 3.8) is 0 Å². The number of amides is 2. The van der Waals surface area contributed by atoms with Crippen LogP contribution in [0.4, 0.5) is 11.6 Å². The van der Waals surface area contributed by atoms with Crippen LogP contribution in [0.25, 0.3) is 0 Å². The fourth-order valence-corrected chi connectivity index (χ4v) is 4.91. The predicted molar refractivity (Wildman–Crippen MR) is 157 cm³/mol. The fourth-order valence-electron chi connectivity index (χ4n) is 4.50. The van der Waals surface area contributed by atoms with Crippen LogP contribution >= 0.6 is 0 Å².